The molecule has 1 aromatic heterocycles. The van der Waals surface area contributed by atoms with Crippen molar-refractivity contribution in [2.45, 2.75) is 19.3 Å². The minimum atomic E-state index is -3.52. The van der Waals surface area contributed by atoms with Gasteiger partial charge in [-0.05, 0) is 25.5 Å². The van der Waals surface area contributed by atoms with E-state index in [1.54, 1.807) is 11.3 Å². The average molecular weight is 351 g/mol. The van der Waals surface area contributed by atoms with Gasteiger partial charge in [0.05, 0.1) is 5.69 Å². The standard InChI is InChI=1S/C10H18N3O2PS2.2Na/c11-10-12-8-2-5-13(6-3-9(8)18-10)4-1-7-16(14,15)17;;/h1-7H2,(H2,11,12)(H2,14,15,17);;/q;2*+1/p-2. The summed E-state index contributed by atoms with van der Waals surface area (Å²) in [5.41, 5.74) is 6.80. The first-order valence-electron chi connectivity index (χ1n) is 5.91. The van der Waals surface area contributed by atoms with E-state index < -0.39 is 6.49 Å². The van der Waals surface area contributed by atoms with Gasteiger partial charge in [0.15, 0.2) is 5.13 Å². The number of hydrogen-bond acceptors (Lipinski definition) is 7. The Balaban J connectivity index is 0.00000180. The molecule has 1 aliphatic rings. The summed E-state index contributed by atoms with van der Waals surface area (Å²) in [6.45, 7) is -0.879. The summed E-state index contributed by atoms with van der Waals surface area (Å²) in [4.78, 5) is 29.7. The van der Waals surface area contributed by atoms with Crippen molar-refractivity contribution in [3.63, 3.8) is 0 Å². The summed E-state index contributed by atoms with van der Waals surface area (Å²) in [5.74, 6) is 0. The summed E-state index contributed by atoms with van der Waals surface area (Å²) < 4.78 is 0. The molecule has 0 unspecified atom stereocenters. The van der Waals surface area contributed by atoms with Crippen molar-refractivity contribution in [2.24, 2.45) is 0 Å². The molecule has 5 nitrogen and oxygen atoms in total. The molecule has 1 aromatic rings. The molecule has 0 bridgehead atoms. The zero-order valence-corrected chi connectivity index (χ0v) is 18.5. The molecule has 2 N–H and O–H groups in total. The number of anilines is 1. The van der Waals surface area contributed by atoms with E-state index >= 15 is 0 Å². The van der Waals surface area contributed by atoms with Gasteiger partial charge in [-0.3, -0.25) is 0 Å². The predicted octanol–water partition coefficient (Wildman–Crippen LogP) is -6.45. The maximum Gasteiger partial charge on any atom is 1.00 e. The topological polar surface area (TPSA) is 88.3 Å². The Morgan fingerprint density at radius 1 is 1.30 bits per heavy atom. The number of fused-ring (bicyclic) bond motifs is 1. The molecule has 10 heteroatoms. The average Bonchev–Trinajstić information content (AvgIpc) is 2.51. The normalized spacial score (nSPS) is 15.7. The monoisotopic (exact) mass is 351 g/mol. The number of aromatic nitrogens is 1. The van der Waals surface area contributed by atoms with Gasteiger partial charge in [0.1, 0.15) is 0 Å². The van der Waals surface area contributed by atoms with Crippen LogP contribution in [0.2, 0.25) is 0 Å². The van der Waals surface area contributed by atoms with Crippen LogP contribution in [0.25, 0.3) is 0 Å². The molecule has 1 aliphatic heterocycles. The van der Waals surface area contributed by atoms with E-state index in [0.717, 1.165) is 38.2 Å². The molecule has 102 valence electrons. The molecule has 0 fully saturated rings. The number of thiazole rings is 1. The second-order valence-electron chi connectivity index (χ2n) is 4.45. The molecule has 0 amide bonds. The van der Waals surface area contributed by atoms with Crippen LogP contribution in [0.1, 0.15) is 17.0 Å². The molecule has 0 saturated heterocycles. The second-order valence-corrected chi connectivity index (χ2v) is 8.90. The van der Waals surface area contributed by atoms with Gasteiger partial charge in [0.2, 0.25) is 0 Å². The van der Waals surface area contributed by atoms with Crippen LogP contribution >= 0.6 is 17.8 Å². The van der Waals surface area contributed by atoms with E-state index in [0.29, 0.717) is 11.6 Å². The molecule has 0 aromatic carbocycles. The summed E-state index contributed by atoms with van der Waals surface area (Å²) in [5, 5.41) is 0.645. The van der Waals surface area contributed by atoms with E-state index in [1.165, 1.54) is 4.88 Å². The Bertz CT molecular complexity index is 444. The Morgan fingerprint density at radius 3 is 2.60 bits per heavy atom. The van der Waals surface area contributed by atoms with Gasteiger partial charge >= 0.3 is 59.1 Å². The van der Waals surface area contributed by atoms with Crippen molar-refractivity contribution in [3.8, 4) is 0 Å². The molecule has 2 heterocycles. The number of rotatable bonds is 4. The van der Waals surface area contributed by atoms with Gasteiger partial charge in [0, 0.05) is 24.4 Å². The Hall–Kier alpha value is 1.96. The SMILES string of the molecule is Nc1nc2c(s1)CCN(CCCP([O-])([O-])=S)CC2.[Na+].[Na+]. The van der Waals surface area contributed by atoms with Crippen molar-refractivity contribution >= 4 is 34.8 Å². The van der Waals surface area contributed by atoms with Crippen LogP contribution in [-0.2, 0) is 24.6 Å². The van der Waals surface area contributed by atoms with Crippen molar-refractivity contribution in [2.75, 3.05) is 31.5 Å². The van der Waals surface area contributed by atoms with E-state index in [1.807, 2.05) is 0 Å². The first-order valence-corrected chi connectivity index (χ1v) is 9.55. The first-order chi connectivity index (χ1) is 8.44. The van der Waals surface area contributed by atoms with Crippen LogP contribution in [-0.4, -0.2) is 35.7 Å². The predicted molar refractivity (Wildman–Crippen MR) is 74.1 cm³/mol. The third-order valence-electron chi connectivity index (χ3n) is 3.02. The summed E-state index contributed by atoms with van der Waals surface area (Å²) in [6, 6.07) is 0. The van der Waals surface area contributed by atoms with Gasteiger partial charge in [-0.25, -0.2) is 11.5 Å². The summed E-state index contributed by atoms with van der Waals surface area (Å²) in [6.07, 6.45) is 2.58. The number of nitrogens with two attached hydrogens (primary N) is 1. The van der Waals surface area contributed by atoms with Crippen LogP contribution in [0.15, 0.2) is 0 Å². The van der Waals surface area contributed by atoms with E-state index in [2.05, 4.69) is 21.7 Å². The Kier molecular flexibility index (Phi) is 10.9. The minimum Gasteiger partial charge on any atom is -0.832 e. The van der Waals surface area contributed by atoms with Crippen LogP contribution in [0.4, 0.5) is 5.13 Å². The van der Waals surface area contributed by atoms with Gasteiger partial charge in [-0.15, -0.1) is 23.1 Å². The molecule has 0 spiro atoms. The molecular weight excluding hydrogens is 335 g/mol. The van der Waals surface area contributed by atoms with E-state index in [4.69, 9.17) is 5.73 Å². The second kappa shape index (κ2) is 9.96. The largest absolute Gasteiger partial charge is 1.00 e. The number of nitrogen functional groups attached to an aromatic ring is 1. The molecule has 0 saturated carbocycles. The molecule has 0 radical (unpaired) electrons. The zero-order valence-electron chi connectivity index (χ0n) is 12.0. The van der Waals surface area contributed by atoms with Gasteiger partial charge in [-0.2, -0.15) is 0 Å². The van der Waals surface area contributed by atoms with Crippen LogP contribution in [0, 0.1) is 0 Å². The minimum absolute atomic E-state index is 0. The fourth-order valence-electron chi connectivity index (χ4n) is 2.14. The van der Waals surface area contributed by atoms with Crippen molar-refractivity contribution < 1.29 is 68.9 Å². The number of hydrogen-bond donors (Lipinski definition) is 1. The maximum atomic E-state index is 10.9. The van der Waals surface area contributed by atoms with E-state index in [9.17, 15) is 9.79 Å². The first kappa shape index (κ1) is 22.0. The van der Waals surface area contributed by atoms with Crippen LogP contribution in [0.5, 0.6) is 0 Å². The maximum absolute atomic E-state index is 10.9. The quantitative estimate of drug-likeness (QED) is 0.429. The molecule has 2 rings (SSSR count). The fourth-order valence-corrected chi connectivity index (χ4v) is 3.92. The molecular formula is C10H16N3Na2O2PS2. The smallest absolute Gasteiger partial charge is 0.832 e. The van der Waals surface area contributed by atoms with Gasteiger partial charge in [0.25, 0.3) is 0 Å². The van der Waals surface area contributed by atoms with Gasteiger partial charge < -0.3 is 20.4 Å². The molecule has 20 heavy (non-hydrogen) atoms. The number of nitrogens with zero attached hydrogens (tertiary/aromatic N) is 2. The van der Waals surface area contributed by atoms with E-state index in [-0.39, 0.29) is 65.3 Å². The Morgan fingerprint density at radius 2 is 1.95 bits per heavy atom. The molecule has 0 aliphatic carbocycles. The van der Waals surface area contributed by atoms with Crippen LogP contribution in [0.3, 0.4) is 0 Å². The summed E-state index contributed by atoms with van der Waals surface area (Å²) in [7, 11) is 0. The Labute approximate surface area is 173 Å². The van der Waals surface area contributed by atoms with Gasteiger partial charge in [-0.1, -0.05) is 0 Å². The third kappa shape index (κ3) is 7.49. The fraction of sp³-hybridized carbons (Fsp3) is 0.700. The summed E-state index contributed by atoms with van der Waals surface area (Å²) >= 11 is 5.96. The zero-order chi connectivity index (χ0) is 13.2. The molecule has 0 atom stereocenters. The van der Waals surface area contributed by atoms with Crippen molar-refractivity contribution in [1.82, 2.24) is 9.88 Å². The third-order valence-corrected chi connectivity index (χ3v) is 5.42. The van der Waals surface area contributed by atoms with Crippen LogP contribution < -0.4 is 74.6 Å². The van der Waals surface area contributed by atoms with Crippen molar-refractivity contribution in [1.29, 1.82) is 0 Å². The van der Waals surface area contributed by atoms with Crippen molar-refractivity contribution in [3.05, 3.63) is 10.6 Å².